The average Bonchev–Trinajstić information content (AvgIpc) is 2.22. The van der Waals surface area contributed by atoms with Crippen LogP contribution in [-0.2, 0) is 0 Å². The van der Waals surface area contributed by atoms with E-state index in [4.69, 9.17) is 12.2 Å². The molecule has 2 N–H and O–H groups in total. The molecule has 1 aromatic carbocycles. The Morgan fingerprint density at radius 1 is 1.27 bits per heavy atom. The van der Waals surface area contributed by atoms with Gasteiger partial charge in [0.1, 0.15) is 5.82 Å². The normalized spacial score (nSPS) is 9.93. The van der Waals surface area contributed by atoms with Crippen molar-refractivity contribution in [3.8, 4) is 0 Å². The first kappa shape index (κ1) is 9.72. The van der Waals surface area contributed by atoms with E-state index in [-0.39, 0.29) is 5.82 Å². The Balaban J connectivity index is 2.22. The number of halogens is 1. The van der Waals surface area contributed by atoms with Crippen LogP contribution in [0, 0.1) is 10.6 Å². The fourth-order valence-corrected chi connectivity index (χ4v) is 1.20. The largest absolute Gasteiger partial charge is 0.339 e. The summed E-state index contributed by atoms with van der Waals surface area (Å²) in [6.45, 7) is 0. The van der Waals surface area contributed by atoms with E-state index in [9.17, 15) is 4.39 Å². The molecule has 6 heteroatoms. The Morgan fingerprint density at radius 3 is 2.67 bits per heavy atom. The van der Waals surface area contributed by atoms with Crippen molar-refractivity contribution in [3.63, 3.8) is 0 Å². The monoisotopic (exact) mass is 222 g/mol. The molecule has 0 saturated heterocycles. The molecule has 0 bridgehead atoms. The number of nitrogens with zero attached hydrogens (tertiary/aromatic N) is 2. The molecule has 2 aromatic rings. The van der Waals surface area contributed by atoms with E-state index >= 15 is 0 Å². The lowest BCUT2D eigenvalue weighted by Crippen LogP contribution is -1.96. The zero-order chi connectivity index (χ0) is 10.7. The molecule has 1 heterocycles. The molecule has 1 aromatic heterocycles. The van der Waals surface area contributed by atoms with Gasteiger partial charge in [-0.1, -0.05) is 0 Å². The van der Waals surface area contributed by atoms with Gasteiger partial charge in [-0.2, -0.15) is 10.1 Å². The molecule has 0 spiro atoms. The Bertz CT molecular complexity index is 508. The SMILES string of the molecule is Fc1ccc(Nc2cn[nH]c(=S)n2)cc1. The van der Waals surface area contributed by atoms with Gasteiger partial charge in [-0.25, -0.2) is 4.39 Å². The third kappa shape index (κ3) is 2.57. The Kier molecular flexibility index (Phi) is 2.68. The van der Waals surface area contributed by atoms with Crippen LogP contribution in [0.25, 0.3) is 0 Å². The summed E-state index contributed by atoms with van der Waals surface area (Å²) in [5.74, 6) is 0.238. The summed E-state index contributed by atoms with van der Waals surface area (Å²) < 4.78 is 12.9. The first-order valence-corrected chi connectivity index (χ1v) is 4.59. The highest BCUT2D eigenvalue weighted by Gasteiger charge is 1.96. The molecule has 0 aliphatic carbocycles. The molecule has 76 valence electrons. The van der Waals surface area contributed by atoms with Crippen LogP contribution in [0.15, 0.2) is 30.5 Å². The number of benzene rings is 1. The minimum absolute atomic E-state index is 0.281. The molecule has 0 radical (unpaired) electrons. The van der Waals surface area contributed by atoms with Gasteiger partial charge in [-0.15, -0.1) is 0 Å². The highest BCUT2D eigenvalue weighted by atomic mass is 32.1. The molecule has 0 aliphatic rings. The smallest absolute Gasteiger partial charge is 0.215 e. The lowest BCUT2D eigenvalue weighted by molar-refractivity contribution is 0.628. The highest BCUT2D eigenvalue weighted by molar-refractivity contribution is 7.71. The van der Waals surface area contributed by atoms with Crippen molar-refractivity contribution < 1.29 is 4.39 Å². The van der Waals surface area contributed by atoms with Crippen LogP contribution in [0.5, 0.6) is 0 Å². The van der Waals surface area contributed by atoms with Crippen molar-refractivity contribution in [1.82, 2.24) is 15.2 Å². The van der Waals surface area contributed by atoms with E-state index in [2.05, 4.69) is 20.5 Å². The standard InChI is InChI=1S/C9H7FN4S/c10-6-1-3-7(4-2-6)12-8-5-11-14-9(15)13-8/h1-5H,(H2,12,13,14,15). The van der Waals surface area contributed by atoms with Gasteiger partial charge >= 0.3 is 0 Å². The second-order valence-electron chi connectivity index (χ2n) is 2.80. The number of aromatic nitrogens is 3. The summed E-state index contributed by atoms with van der Waals surface area (Å²) in [7, 11) is 0. The van der Waals surface area contributed by atoms with Gasteiger partial charge in [0.2, 0.25) is 4.77 Å². The Labute approximate surface area is 90.2 Å². The number of H-pyrrole nitrogens is 1. The second kappa shape index (κ2) is 4.14. The van der Waals surface area contributed by atoms with Gasteiger partial charge in [-0.3, -0.25) is 5.10 Å². The van der Waals surface area contributed by atoms with Crippen LogP contribution in [0.2, 0.25) is 0 Å². The molecular formula is C9H7FN4S. The molecule has 2 rings (SSSR count). The fourth-order valence-electron chi connectivity index (χ4n) is 1.05. The van der Waals surface area contributed by atoms with Crippen molar-refractivity contribution >= 4 is 23.7 Å². The van der Waals surface area contributed by atoms with Crippen LogP contribution in [0.4, 0.5) is 15.9 Å². The molecule has 0 aliphatic heterocycles. The van der Waals surface area contributed by atoms with Gasteiger partial charge in [-0.05, 0) is 36.5 Å². The number of anilines is 2. The van der Waals surface area contributed by atoms with Gasteiger partial charge in [0.25, 0.3) is 0 Å². The van der Waals surface area contributed by atoms with E-state index in [0.717, 1.165) is 5.69 Å². The van der Waals surface area contributed by atoms with Crippen molar-refractivity contribution in [2.75, 3.05) is 5.32 Å². The predicted molar refractivity (Wildman–Crippen MR) is 56.9 cm³/mol. The zero-order valence-electron chi connectivity index (χ0n) is 7.57. The summed E-state index contributed by atoms with van der Waals surface area (Å²) in [6.07, 6.45) is 1.50. The van der Waals surface area contributed by atoms with E-state index in [0.29, 0.717) is 10.6 Å². The summed E-state index contributed by atoms with van der Waals surface area (Å²) in [5, 5.41) is 9.23. The molecule has 4 nitrogen and oxygen atoms in total. The fraction of sp³-hybridized carbons (Fsp3) is 0. The van der Waals surface area contributed by atoms with E-state index in [1.54, 1.807) is 12.1 Å². The predicted octanol–water partition coefficient (Wildman–Crippen LogP) is 2.42. The molecule has 0 fully saturated rings. The number of aromatic amines is 1. The lowest BCUT2D eigenvalue weighted by atomic mass is 10.3. The highest BCUT2D eigenvalue weighted by Crippen LogP contribution is 2.13. The van der Waals surface area contributed by atoms with Crippen LogP contribution in [0.3, 0.4) is 0 Å². The molecular weight excluding hydrogens is 215 g/mol. The van der Waals surface area contributed by atoms with E-state index < -0.39 is 0 Å². The Hall–Kier alpha value is -1.82. The summed E-state index contributed by atoms with van der Waals surface area (Å²) in [5.41, 5.74) is 0.728. The van der Waals surface area contributed by atoms with Gasteiger partial charge in [0, 0.05) is 5.69 Å². The van der Waals surface area contributed by atoms with E-state index in [1.807, 2.05) is 0 Å². The summed E-state index contributed by atoms with van der Waals surface area (Å²) in [6, 6.07) is 5.94. The summed E-state index contributed by atoms with van der Waals surface area (Å²) in [4.78, 5) is 3.98. The summed E-state index contributed by atoms with van der Waals surface area (Å²) >= 11 is 4.81. The van der Waals surface area contributed by atoms with Crippen LogP contribution < -0.4 is 5.32 Å². The average molecular weight is 222 g/mol. The lowest BCUT2D eigenvalue weighted by Gasteiger charge is -2.03. The van der Waals surface area contributed by atoms with Crippen LogP contribution >= 0.6 is 12.2 Å². The van der Waals surface area contributed by atoms with E-state index in [1.165, 1.54) is 18.3 Å². The number of hydrogen-bond donors (Lipinski definition) is 2. The first-order chi connectivity index (χ1) is 7.24. The molecule has 0 saturated carbocycles. The first-order valence-electron chi connectivity index (χ1n) is 4.18. The van der Waals surface area contributed by atoms with Gasteiger partial charge in [0.15, 0.2) is 5.82 Å². The minimum atomic E-state index is -0.281. The minimum Gasteiger partial charge on any atom is -0.339 e. The Morgan fingerprint density at radius 2 is 2.00 bits per heavy atom. The third-order valence-electron chi connectivity index (χ3n) is 1.69. The van der Waals surface area contributed by atoms with Crippen molar-refractivity contribution in [1.29, 1.82) is 0 Å². The number of hydrogen-bond acceptors (Lipinski definition) is 4. The molecule has 0 atom stereocenters. The van der Waals surface area contributed by atoms with Crippen molar-refractivity contribution in [2.45, 2.75) is 0 Å². The molecule has 0 amide bonds. The number of nitrogens with one attached hydrogen (secondary N) is 2. The van der Waals surface area contributed by atoms with Gasteiger partial charge in [0.05, 0.1) is 6.20 Å². The van der Waals surface area contributed by atoms with Crippen molar-refractivity contribution in [2.24, 2.45) is 0 Å². The second-order valence-corrected chi connectivity index (χ2v) is 3.19. The maximum atomic E-state index is 12.6. The van der Waals surface area contributed by atoms with Crippen molar-refractivity contribution in [3.05, 3.63) is 41.1 Å². The zero-order valence-corrected chi connectivity index (χ0v) is 8.38. The van der Waals surface area contributed by atoms with Gasteiger partial charge < -0.3 is 5.32 Å². The maximum Gasteiger partial charge on any atom is 0.215 e. The maximum absolute atomic E-state index is 12.6. The van der Waals surface area contributed by atoms with Crippen LogP contribution in [-0.4, -0.2) is 15.2 Å². The quantitative estimate of drug-likeness (QED) is 0.766. The van der Waals surface area contributed by atoms with Crippen LogP contribution in [0.1, 0.15) is 0 Å². The third-order valence-corrected chi connectivity index (χ3v) is 1.87. The molecule has 15 heavy (non-hydrogen) atoms. The number of rotatable bonds is 2. The molecule has 0 unspecified atom stereocenters. The topological polar surface area (TPSA) is 53.6 Å².